The van der Waals surface area contributed by atoms with Gasteiger partial charge in [0.1, 0.15) is 0 Å². The molecule has 5 unspecified atom stereocenters. The molecule has 0 spiro atoms. The lowest BCUT2D eigenvalue weighted by atomic mass is 9.47. The summed E-state index contributed by atoms with van der Waals surface area (Å²) in [4.78, 5) is 0. The van der Waals surface area contributed by atoms with Gasteiger partial charge in [-0.1, -0.05) is 108 Å². The predicted molar refractivity (Wildman–Crippen MR) is 124 cm³/mol. The molecule has 0 N–H and O–H groups in total. The van der Waals surface area contributed by atoms with Crippen molar-refractivity contribution in [3.63, 3.8) is 0 Å². The molecule has 2 aliphatic rings. The van der Waals surface area contributed by atoms with E-state index in [1.165, 1.54) is 70.6 Å². The molecule has 5 atom stereocenters. The van der Waals surface area contributed by atoms with E-state index in [4.69, 9.17) is 0 Å². The second kappa shape index (κ2) is 9.67. The normalized spacial score (nSPS) is 35.8. The zero-order valence-electron chi connectivity index (χ0n) is 20.9. The van der Waals surface area contributed by atoms with Crippen molar-refractivity contribution in [3.05, 3.63) is 0 Å². The average Bonchev–Trinajstić information content (AvgIpc) is 2.89. The van der Waals surface area contributed by atoms with Crippen LogP contribution in [0.1, 0.15) is 140 Å². The van der Waals surface area contributed by atoms with E-state index in [0.29, 0.717) is 21.7 Å². The second-order valence-corrected chi connectivity index (χ2v) is 11.7. The summed E-state index contributed by atoms with van der Waals surface area (Å²) in [5.74, 6) is 2.01. The first-order valence-corrected chi connectivity index (χ1v) is 12.5. The summed E-state index contributed by atoms with van der Waals surface area (Å²) in [6, 6.07) is 0. The third-order valence-corrected chi connectivity index (χ3v) is 9.30. The van der Waals surface area contributed by atoms with Crippen LogP contribution in [0, 0.1) is 33.5 Å². The van der Waals surface area contributed by atoms with Crippen molar-refractivity contribution in [2.24, 2.45) is 33.5 Å². The Kier molecular flexibility index (Phi) is 8.96. The van der Waals surface area contributed by atoms with Gasteiger partial charge in [-0.15, -0.1) is 0 Å². The molecule has 2 saturated carbocycles. The van der Waals surface area contributed by atoms with Crippen molar-refractivity contribution >= 4 is 0 Å². The summed E-state index contributed by atoms with van der Waals surface area (Å²) in [5, 5.41) is 0. The Morgan fingerprint density at radius 2 is 1.52 bits per heavy atom. The monoisotopic (exact) mass is 378 g/mol. The smallest absolute Gasteiger partial charge is 0.0215 e. The number of fused-ring (bicyclic) bond motifs is 1. The van der Waals surface area contributed by atoms with Crippen LogP contribution in [0.25, 0.3) is 0 Å². The number of rotatable bonds is 7. The Bertz CT molecular complexity index is 428. The fraction of sp³-hybridized carbons (Fsp3) is 1.00. The lowest BCUT2D eigenvalue weighted by molar-refractivity contribution is -0.0909. The Morgan fingerprint density at radius 3 is 2.04 bits per heavy atom. The number of hydrogen-bond donors (Lipinski definition) is 0. The van der Waals surface area contributed by atoms with Gasteiger partial charge in [-0.2, -0.15) is 0 Å². The van der Waals surface area contributed by atoms with E-state index in [9.17, 15) is 0 Å². The van der Waals surface area contributed by atoms with Crippen LogP contribution in [-0.4, -0.2) is 0 Å². The van der Waals surface area contributed by atoms with E-state index < -0.39 is 0 Å². The molecule has 2 fully saturated rings. The molecule has 0 aromatic carbocycles. The van der Waals surface area contributed by atoms with Crippen molar-refractivity contribution in [2.45, 2.75) is 140 Å². The Labute approximate surface area is 173 Å². The van der Waals surface area contributed by atoms with Crippen LogP contribution in [0.2, 0.25) is 0 Å². The lowest BCUT2D eigenvalue weighted by Crippen LogP contribution is -2.50. The van der Waals surface area contributed by atoms with E-state index in [0.717, 1.165) is 11.8 Å². The molecule has 0 amide bonds. The second-order valence-electron chi connectivity index (χ2n) is 11.7. The molecule has 27 heavy (non-hydrogen) atoms. The molecule has 0 aliphatic heterocycles. The third kappa shape index (κ3) is 4.95. The van der Waals surface area contributed by atoms with E-state index >= 15 is 0 Å². The van der Waals surface area contributed by atoms with E-state index in [1.54, 1.807) is 0 Å². The Balaban J connectivity index is 0.00000176. The maximum absolute atomic E-state index is 2.71. The van der Waals surface area contributed by atoms with Crippen molar-refractivity contribution in [1.29, 1.82) is 0 Å². The van der Waals surface area contributed by atoms with Gasteiger partial charge >= 0.3 is 0 Å². The van der Waals surface area contributed by atoms with Gasteiger partial charge in [0.2, 0.25) is 0 Å². The van der Waals surface area contributed by atoms with Gasteiger partial charge in [-0.05, 0) is 65.6 Å². The van der Waals surface area contributed by atoms with Crippen molar-refractivity contribution in [1.82, 2.24) is 0 Å². The highest BCUT2D eigenvalue weighted by atomic mass is 14.7. The molecule has 2 aliphatic carbocycles. The third-order valence-electron chi connectivity index (χ3n) is 9.30. The standard InChI is InChI=1S/C25H48.C2H6/c1-9-13-20-14-11-18-24(7)21(20)15-19-25(24,8)23(6,10-2)17-12-16-22(3,4)5;1-2/h20-21H,9-19H2,1-8H3;1-2H3. The molecule has 0 radical (unpaired) electrons. The highest BCUT2D eigenvalue weighted by Gasteiger charge is 2.62. The van der Waals surface area contributed by atoms with Crippen molar-refractivity contribution in [3.8, 4) is 0 Å². The van der Waals surface area contributed by atoms with Gasteiger partial charge in [-0.3, -0.25) is 0 Å². The molecular formula is C27H54. The minimum atomic E-state index is 0.481. The van der Waals surface area contributed by atoms with Crippen LogP contribution in [-0.2, 0) is 0 Å². The predicted octanol–water partition coefficient (Wildman–Crippen LogP) is 9.67. The van der Waals surface area contributed by atoms with E-state index in [2.05, 4.69) is 55.4 Å². The highest BCUT2D eigenvalue weighted by molar-refractivity contribution is 5.11. The topological polar surface area (TPSA) is 0 Å². The molecule has 0 aromatic heterocycles. The van der Waals surface area contributed by atoms with Crippen molar-refractivity contribution < 1.29 is 0 Å². The molecule has 0 nitrogen and oxygen atoms in total. The molecule has 2 rings (SSSR count). The molecular weight excluding hydrogens is 324 g/mol. The fourth-order valence-corrected chi connectivity index (χ4v) is 7.17. The van der Waals surface area contributed by atoms with Gasteiger partial charge in [-0.25, -0.2) is 0 Å². The summed E-state index contributed by atoms with van der Waals surface area (Å²) >= 11 is 0. The van der Waals surface area contributed by atoms with Crippen LogP contribution in [0.15, 0.2) is 0 Å². The quantitative estimate of drug-likeness (QED) is 0.413. The van der Waals surface area contributed by atoms with Crippen LogP contribution in [0.4, 0.5) is 0 Å². The molecule has 0 bridgehead atoms. The minimum absolute atomic E-state index is 0.481. The van der Waals surface area contributed by atoms with Crippen LogP contribution in [0.5, 0.6) is 0 Å². The van der Waals surface area contributed by atoms with Gasteiger partial charge in [0.25, 0.3) is 0 Å². The first-order valence-electron chi connectivity index (χ1n) is 12.5. The van der Waals surface area contributed by atoms with Crippen molar-refractivity contribution in [2.75, 3.05) is 0 Å². The summed E-state index contributed by atoms with van der Waals surface area (Å²) in [6.45, 7) is 24.2. The highest BCUT2D eigenvalue weighted by Crippen LogP contribution is 2.71. The summed E-state index contributed by atoms with van der Waals surface area (Å²) in [6.07, 6.45) is 15.9. The van der Waals surface area contributed by atoms with Gasteiger partial charge in [0.05, 0.1) is 0 Å². The summed E-state index contributed by atoms with van der Waals surface area (Å²) < 4.78 is 0. The molecule has 0 saturated heterocycles. The lowest BCUT2D eigenvalue weighted by Gasteiger charge is -2.58. The fourth-order valence-electron chi connectivity index (χ4n) is 7.17. The maximum Gasteiger partial charge on any atom is -0.0215 e. The molecule has 0 aromatic rings. The SMILES string of the molecule is CC.CCCC1CCCC2(C)C1CCC2(C)C(C)(CC)CCCC(C)(C)C. The number of hydrogen-bond acceptors (Lipinski definition) is 0. The Hall–Kier alpha value is 0. The first kappa shape index (κ1) is 25.0. The summed E-state index contributed by atoms with van der Waals surface area (Å²) in [7, 11) is 0. The first-order chi connectivity index (χ1) is 12.5. The Morgan fingerprint density at radius 1 is 0.889 bits per heavy atom. The van der Waals surface area contributed by atoms with Crippen LogP contribution < -0.4 is 0 Å². The summed E-state index contributed by atoms with van der Waals surface area (Å²) in [5.41, 5.74) is 2.10. The van der Waals surface area contributed by atoms with Gasteiger partial charge in [0, 0.05) is 0 Å². The van der Waals surface area contributed by atoms with E-state index in [-0.39, 0.29) is 0 Å². The van der Waals surface area contributed by atoms with Crippen LogP contribution in [0.3, 0.4) is 0 Å². The minimum Gasteiger partial charge on any atom is -0.0683 e. The zero-order valence-corrected chi connectivity index (χ0v) is 20.9. The molecule has 0 heteroatoms. The van der Waals surface area contributed by atoms with Gasteiger partial charge in [0.15, 0.2) is 0 Å². The molecule has 162 valence electrons. The van der Waals surface area contributed by atoms with E-state index in [1.807, 2.05) is 13.8 Å². The zero-order chi connectivity index (χ0) is 20.9. The molecule has 0 heterocycles. The average molecular weight is 379 g/mol. The van der Waals surface area contributed by atoms with Gasteiger partial charge < -0.3 is 0 Å². The van der Waals surface area contributed by atoms with Crippen LogP contribution >= 0.6 is 0 Å². The largest absolute Gasteiger partial charge is 0.0683 e. The maximum atomic E-state index is 2.71.